The molecule has 0 fully saturated rings. The van der Waals surface area contributed by atoms with Crippen LogP contribution < -0.4 is 67.5 Å². The monoisotopic (exact) mass is 2090 g/mol. The van der Waals surface area contributed by atoms with Crippen LogP contribution in [-0.2, 0) is 38.0 Å². The summed E-state index contributed by atoms with van der Waals surface area (Å²) in [5, 5.41) is 19.1. The number of rotatable bonds is 32. The Bertz CT molecular complexity index is 7940. The lowest BCUT2D eigenvalue weighted by Crippen LogP contribution is -2.31. The molecule has 1 N–H and O–H groups in total. The van der Waals surface area contributed by atoms with Crippen molar-refractivity contribution in [3.8, 4) is 121 Å². The number of hydrogen-bond acceptors (Lipinski definition) is 31. The second-order valence-corrected chi connectivity index (χ2v) is 36.4. The fraction of sp³-hybridized carbons (Fsp3) is 0.236. The molecule has 148 heavy (non-hydrogen) atoms. The molecule has 10 aromatic heterocycles. The van der Waals surface area contributed by atoms with Gasteiger partial charge in [-0.05, 0) is 134 Å². The Morgan fingerprint density at radius 3 is 1.13 bits per heavy atom. The fourth-order valence-electron chi connectivity index (χ4n) is 15.3. The minimum Gasteiger partial charge on any atom is -0.497 e. The fourth-order valence-corrected chi connectivity index (χ4v) is 16.1. The number of sulfone groups is 1. The summed E-state index contributed by atoms with van der Waals surface area (Å²) in [6.45, 7) is 3.62. The largest absolute Gasteiger partial charge is 0.497 e. The number of ether oxygens (including phenoxy) is 9. The highest BCUT2D eigenvalue weighted by Crippen LogP contribution is 2.43. The number of methoxy groups -OCH3 is 8. The molecule has 0 aliphatic rings. The van der Waals surface area contributed by atoms with Crippen LogP contribution in [0.3, 0.4) is 0 Å². The molecule has 0 amide bonds. The number of benzene rings is 8. The molecule has 42 heteroatoms. The number of aryl methyl sites for hydroxylation is 4. The molecule has 35 nitrogen and oxygen atoms in total. The lowest BCUT2D eigenvalue weighted by atomic mass is 10.1. The number of hydrogen-bond donors (Lipinski definition) is 1. The van der Waals surface area contributed by atoms with Crippen molar-refractivity contribution >= 4 is 115 Å². The summed E-state index contributed by atoms with van der Waals surface area (Å²) in [4.78, 5) is 57.6. The van der Waals surface area contributed by atoms with E-state index in [4.69, 9.17) is 57.6 Å². The molecule has 8 aromatic carbocycles. The number of nitrogens with zero attached hydrogens (tertiary/aromatic N) is 23. The SMILES string of the molecule is COc1cc(OC)c(F)c(N(CCCNCC(F)(F)F)c2ccc3ncc(-c4cnn(C)c4)nc3c2)c1F.COc1cc(OC)cc(N(CC#Cc2cccnc2Br)c2ccc3ncc(-c4cnn(C)c4)nc3c2)c1.COc1cc(OC)cc(N(CC#Cc2nccc(OC(C)C)n2)c2ccc3ncc(-c4cnn(C)c4)nc3c2)c1.COc1cc(OC)cc(N(CCS(C)(=O)=O)c2ccc3ncc(-c4cnn(C)c4)nc3c2)c1. The Labute approximate surface area is 857 Å². The van der Waals surface area contributed by atoms with Crippen LogP contribution in [0.25, 0.3) is 89.2 Å². The third-order valence-corrected chi connectivity index (χ3v) is 24.1. The van der Waals surface area contributed by atoms with E-state index in [9.17, 15) is 21.6 Å². The van der Waals surface area contributed by atoms with E-state index >= 15 is 8.78 Å². The van der Waals surface area contributed by atoms with Crippen LogP contribution in [0, 0.1) is 35.3 Å². The Hall–Kier alpha value is -17.3. The highest BCUT2D eigenvalue weighted by atomic mass is 79.9. The van der Waals surface area contributed by atoms with Gasteiger partial charge < -0.3 is 67.5 Å². The summed E-state index contributed by atoms with van der Waals surface area (Å²) >= 11 is 3.46. The maximum absolute atomic E-state index is 15.5. The van der Waals surface area contributed by atoms with Crippen molar-refractivity contribution in [1.82, 2.24) is 99.3 Å². The zero-order valence-electron chi connectivity index (χ0n) is 83.2. The van der Waals surface area contributed by atoms with Crippen LogP contribution in [0.1, 0.15) is 31.7 Å². The summed E-state index contributed by atoms with van der Waals surface area (Å²) in [7, 11) is 16.3. The van der Waals surface area contributed by atoms with Crippen LogP contribution in [0.15, 0.2) is 243 Å². The first-order valence-corrected chi connectivity index (χ1v) is 48.6. The van der Waals surface area contributed by atoms with Crippen molar-refractivity contribution in [1.29, 1.82) is 0 Å². The Morgan fingerprint density at radius 2 is 0.784 bits per heavy atom. The minimum atomic E-state index is -4.37. The quantitative estimate of drug-likeness (QED) is 0.0177. The molecule has 760 valence electrons. The van der Waals surface area contributed by atoms with Gasteiger partial charge in [0, 0.05) is 214 Å². The molecule has 0 unspecified atom stereocenters. The van der Waals surface area contributed by atoms with Gasteiger partial charge in [0.2, 0.25) is 11.7 Å². The molecule has 0 spiro atoms. The van der Waals surface area contributed by atoms with Gasteiger partial charge in [0.1, 0.15) is 54.6 Å². The number of fused-ring (bicyclic) bond motifs is 4. The molecule has 10 heterocycles. The standard InChI is InChI=1S/C30H29N7O3.C28H23BrN6O2.C25H25F5N6O2.C23H25N5O4S/c1-20(2)40-30-10-11-31-29(35-30)7-6-12-37(23-13-24(38-4)16-25(14-23)39-5)22-8-9-26-27(15-22)34-28(18-32-26)21-17-33-36(3)19-21;1-34-18-20(16-32-34)27-17-31-25-9-8-21(14-26(25)33-27)35(11-5-7-19-6-4-10-30-28(19)29)22-12-23(36-2)15-24(13-22)37-3;1-35-13-15(11-33-35)19-12-32-17-6-5-16(9-18(17)34-19)36(8-4-7-31-14-25(28,29)30)24-22(26)20(37-2)10-21(38-3)23(24)27;1-27-15-16(13-25-27)23-14-24-21-6-5-17(11-22(21)26-23)28(7-8-33(4,29)30)18-9-19(31-2)12-20(10-18)32-3/h8-11,13-20H,12H2,1-5H3;4,6,8-10,12-18H,11H2,1-3H3;5-6,9-13,31H,4,7-8,14H2,1-3H3;5-6,9-15H,7-8H2,1-4H3. The van der Waals surface area contributed by atoms with E-state index in [2.05, 4.69) is 110 Å². The molecule has 18 rings (SSSR count). The van der Waals surface area contributed by atoms with E-state index in [1.54, 1.807) is 167 Å². The Kier molecular flexibility index (Phi) is 34.0. The van der Waals surface area contributed by atoms with Crippen molar-refractivity contribution in [2.75, 3.05) is 128 Å². The van der Waals surface area contributed by atoms with Gasteiger partial charge >= 0.3 is 6.18 Å². The van der Waals surface area contributed by atoms with E-state index in [1.807, 2.05) is 179 Å². The van der Waals surface area contributed by atoms with Gasteiger partial charge in [0.25, 0.3) is 0 Å². The molecule has 18 aromatic rings. The first-order chi connectivity index (χ1) is 71.3. The molecular formula is C106H102BrF5N24O11S. The van der Waals surface area contributed by atoms with Crippen LogP contribution in [0.4, 0.5) is 67.5 Å². The van der Waals surface area contributed by atoms with Gasteiger partial charge in [-0.3, -0.25) is 38.7 Å². The smallest absolute Gasteiger partial charge is 0.401 e. The number of alkyl halides is 3. The molecule has 0 radical (unpaired) electrons. The summed E-state index contributed by atoms with van der Waals surface area (Å²) in [5.41, 5.74) is 17.3. The normalized spacial score (nSPS) is 11.1. The molecule has 0 aliphatic carbocycles. The van der Waals surface area contributed by atoms with Crippen molar-refractivity contribution in [2.24, 2.45) is 28.2 Å². The van der Waals surface area contributed by atoms with Gasteiger partial charge in [-0.15, -0.1) is 0 Å². The third-order valence-electron chi connectivity index (χ3n) is 22.5. The second-order valence-electron chi connectivity index (χ2n) is 33.4. The van der Waals surface area contributed by atoms with Crippen LogP contribution >= 0.6 is 15.9 Å². The van der Waals surface area contributed by atoms with Crippen molar-refractivity contribution in [2.45, 2.75) is 32.5 Å². The second kappa shape index (κ2) is 48.0. The zero-order chi connectivity index (χ0) is 105. The first kappa shape index (κ1) is 105. The van der Waals surface area contributed by atoms with Crippen molar-refractivity contribution in [3.05, 3.63) is 266 Å². The molecule has 0 atom stereocenters. The van der Waals surface area contributed by atoms with E-state index < -0.39 is 39.9 Å². The van der Waals surface area contributed by atoms with Crippen LogP contribution in [-0.4, -0.2) is 223 Å². The molecule has 0 bridgehead atoms. The predicted octanol–water partition coefficient (Wildman–Crippen LogP) is 18.4. The van der Waals surface area contributed by atoms with Gasteiger partial charge in [-0.25, -0.2) is 47.1 Å². The number of aromatic nitrogens is 19. The maximum atomic E-state index is 15.5. The number of anilines is 8. The number of halogens is 6. The van der Waals surface area contributed by atoms with E-state index in [0.29, 0.717) is 97.5 Å². The summed E-state index contributed by atoms with van der Waals surface area (Å²) in [6, 6.07) is 45.9. The molecular weight excluding hydrogens is 1990 g/mol. The first-order valence-electron chi connectivity index (χ1n) is 45.8. The lowest BCUT2D eigenvalue weighted by Gasteiger charge is -2.27. The Morgan fingerprint density at radius 1 is 0.412 bits per heavy atom. The molecule has 0 saturated carbocycles. The summed E-state index contributed by atoms with van der Waals surface area (Å²) in [6.07, 6.45) is 21.6. The lowest BCUT2D eigenvalue weighted by molar-refractivity contribution is -0.124. The van der Waals surface area contributed by atoms with Gasteiger partial charge in [0.15, 0.2) is 23.1 Å². The third kappa shape index (κ3) is 27.0. The summed E-state index contributed by atoms with van der Waals surface area (Å²) < 4.78 is 149. The van der Waals surface area contributed by atoms with Crippen molar-refractivity contribution in [3.63, 3.8) is 0 Å². The topological polar surface area (TPSA) is 355 Å². The Balaban J connectivity index is 0.000000148. The van der Waals surface area contributed by atoms with Crippen LogP contribution in [0.5, 0.6) is 51.9 Å². The predicted molar refractivity (Wildman–Crippen MR) is 560 cm³/mol. The van der Waals surface area contributed by atoms with Gasteiger partial charge in [-0.1, -0.05) is 17.8 Å². The highest BCUT2D eigenvalue weighted by molar-refractivity contribution is 9.10. The number of pyridine rings is 1. The average molecular weight is 2100 g/mol. The molecule has 0 aliphatic heterocycles. The minimum absolute atomic E-state index is 0.00362. The van der Waals surface area contributed by atoms with E-state index in [1.165, 1.54) is 25.4 Å². The molecule has 0 saturated heterocycles. The van der Waals surface area contributed by atoms with Gasteiger partial charge in [0.05, 0.1) is 210 Å². The average Bonchev–Trinajstić information content (AvgIpc) is 1.06. The van der Waals surface area contributed by atoms with Gasteiger partial charge in [-0.2, -0.15) is 38.5 Å². The zero-order valence-corrected chi connectivity index (χ0v) is 85.6. The van der Waals surface area contributed by atoms with E-state index in [-0.39, 0.29) is 49.4 Å². The maximum Gasteiger partial charge on any atom is 0.401 e. The summed E-state index contributed by atoms with van der Waals surface area (Å²) in [5.74, 6) is 15.0. The highest BCUT2D eigenvalue weighted by Gasteiger charge is 2.30. The van der Waals surface area contributed by atoms with Crippen molar-refractivity contribution < 1.29 is 73.0 Å². The van der Waals surface area contributed by atoms with E-state index in [0.717, 1.165) is 107 Å². The number of nitrogens with one attached hydrogen (secondary N) is 1. The van der Waals surface area contributed by atoms with Crippen LogP contribution in [0.2, 0.25) is 0 Å².